The second-order valence-corrected chi connectivity index (χ2v) is 3.05. The van der Waals surface area contributed by atoms with E-state index in [9.17, 15) is 9.59 Å². The predicted molar refractivity (Wildman–Crippen MR) is 52.9 cm³/mol. The molecule has 1 aliphatic rings. The third-order valence-electron chi connectivity index (χ3n) is 1.85. The van der Waals surface area contributed by atoms with Crippen LogP contribution in [0, 0.1) is 0 Å². The average molecular weight is 228 g/mol. The topological polar surface area (TPSA) is 71.1 Å². The minimum absolute atomic E-state index is 0.0376. The van der Waals surface area contributed by atoms with Gasteiger partial charge in [-0.1, -0.05) is 19.2 Å². The summed E-state index contributed by atoms with van der Waals surface area (Å²) < 4.78 is 18.7. The lowest BCUT2D eigenvalue weighted by atomic mass is 10.1. The highest BCUT2D eigenvalue weighted by atomic mass is 16.8. The number of cyclic esters (lactones) is 2. The van der Waals surface area contributed by atoms with Gasteiger partial charge in [-0.25, -0.2) is 9.59 Å². The number of ether oxygens (including phenoxy) is 4. The monoisotopic (exact) mass is 228 g/mol. The Morgan fingerprint density at radius 2 is 2.25 bits per heavy atom. The van der Waals surface area contributed by atoms with Crippen LogP contribution >= 0.6 is 0 Å². The first kappa shape index (κ1) is 12.1. The Hall–Kier alpha value is -1.98. The molecule has 0 aromatic heterocycles. The molecule has 0 spiro atoms. The molecule has 1 unspecified atom stereocenters. The molecule has 6 nitrogen and oxygen atoms in total. The van der Waals surface area contributed by atoms with Crippen LogP contribution in [0.2, 0.25) is 0 Å². The van der Waals surface area contributed by atoms with Gasteiger partial charge >= 0.3 is 12.3 Å². The third kappa shape index (κ3) is 3.01. The lowest BCUT2D eigenvalue weighted by molar-refractivity contribution is 0.00106. The zero-order valence-corrected chi connectivity index (χ0v) is 8.64. The van der Waals surface area contributed by atoms with Crippen LogP contribution in [0.4, 0.5) is 9.59 Å². The van der Waals surface area contributed by atoms with Crippen LogP contribution < -0.4 is 0 Å². The van der Waals surface area contributed by atoms with Crippen molar-refractivity contribution in [3.63, 3.8) is 0 Å². The zero-order valence-electron chi connectivity index (χ0n) is 8.64. The second kappa shape index (κ2) is 5.20. The van der Waals surface area contributed by atoms with E-state index in [1.807, 2.05) is 0 Å². The number of carbonyl (C=O) groups excluding carboxylic acids is 2. The Bertz CT molecular complexity index is 310. The van der Waals surface area contributed by atoms with Gasteiger partial charge in [0, 0.05) is 0 Å². The van der Waals surface area contributed by atoms with E-state index in [1.54, 1.807) is 0 Å². The van der Waals surface area contributed by atoms with Crippen LogP contribution in [0.15, 0.2) is 25.3 Å². The van der Waals surface area contributed by atoms with E-state index in [-0.39, 0.29) is 19.8 Å². The quantitative estimate of drug-likeness (QED) is 0.523. The first-order valence-electron chi connectivity index (χ1n) is 4.52. The number of rotatable bonds is 5. The predicted octanol–water partition coefficient (Wildman–Crippen LogP) is 1.42. The van der Waals surface area contributed by atoms with Gasteiger partial charge in [0.15, 0.2) is 0 Å². The summed E-state index contributed by atoms with van der Waals surface area (Å²) in [6.07, 6.45) is 1.06. The highest BCUT2D eigenvalue weighted by molar-refractivity contribution is 5.64. The Labute approximate surface area is 92.4 Å². The van der Waals surface area contributed by atoms with Crippen LogP contribution in [0.5, 0.6) is 0 Å². The largest absolute Gasteiger partial charge is 0.509 e. The van der Waals surface area contributed by atoms with Crippen molar-refractivity contribution in [3.8, 4) is 0 Å². The van der Waals surface area contributed by atoms with E-state index < -0.39 is 17.9 Å². The molecule has 1 aliphatic heterocycles. The van der Waals surface area contributed by atoms with Crippen LogP contribution in [-0.2, 0) is 18.9 Å². The van der Waals surface area contributed by atoms with E-state index in [0.717, 1.165) is 0 Å². The van der Waals surface area contributed by atoms with E-state index in [1.165, 1.54) is 12.2 Å². The molecule has 0 N–H and O–H groups in total. The van der Waals surface area contributed by atoms with Crippen molar-refractivity contribution in [3.05, 3.63) is 25.3 Å². The lowest BCUT2D eigenvalue weighted by Gasteiger charge is -2.19. The standard InChI is InChI=1S/C10H12O6/c1-3-5-13-8(11)14-6-10(4-2)7-15-9(12)16-10/h3-4H,1-2,5-7H2. The summed E-state index contributed by atoms with van der Waals surface area (Å²) in [4.78, 5) is 21.7. The molecule has 1 heterocycles. The van der Waals surface area contributed by atoms with Crippen molar-refractivity contribution in [1.29, 1.82) is 0 Å². The number of hydrogen-bond donors (Lipinski definition) is 0. The highest BCUT2D eigenvalue weighted by Gasteiger charge is 2.41. The van der Waals surface area contributed by atoms with Gasteiger partial charge in [0.25, 0.3) is 0 Å². The molecule has 88 valence electrons. The van der Waals surface area contributed by atoms with Gasteiger partial charge in [0.2, 0.25) is 5.60 Å². The van der Waals surface area contributed by atoms with E-state index >= 15 is 0 Å². The molecule has 0 radical (unpaired) electrons. The van der Waals surface area contributed by atoms with Crippen molar-refractivity contribution < 1.29 is 28.5 Å². The molecule has 0 saturated carbocycles. The molecule has 0 bridgehead atoms. The first-order chi connectivity index (χ1) is 7.62. The molecule has 1 saturated heterocycles. The summed E-state index contributed by atoms with van der Waals surface area (Å²) in [6, 6.07) is 0. The number of carbonyl (C=O) groups is 2. The van der Waals surface area contributed by atoms with Crippen molar-refractivity contribution >= 4 is 12.3 Å². The normalized spacial score (nSPS) is 22.9. The molecule has 16 heavy (non-hydrogen) atoms. The third-order valence-corrected chi connectivity index (χ3v) is 1.85. The maximum atomic E-state index is 11.0. The summed E-state index contributed by atoms with van der Waals surface area (Å²) in [5.41, 5.74) is -1.12. The van der Waals surface area contributed by atoms with E-state index in [4.69, 9.17) is 9.47 Å². The van der Waals surface area contributed by atoms with Crippen LogP contribution in [0.1, 0.15) is 0 Å². The average Bonchev–Trinajstić information content (AvgIpc) is 2.66. The molecule has 6 heteroatoms. The maximum Gasteiger partial charge on any atom is 0.509 e. The first-order valence-corrected chi connectivity index (χ1v) is 4.52. The highest BCUT2D eigenvalue weighted by Crippen LogP contribution is 2.21. The summed E-state index contributed by atoms with van der Waals surface area (Å²) in [5.74, 6) is 0. The van der Waals surface area contributed by atoms with Crippen molar-refractivity contribution in [2.24, 2.45) is 0 Å². The molecular formula is C10H12O6. The molecule has 0 aromatic carbocycles. The van der Waals surface area contributed by atoms with Gasteiger partial charge in [-0.3, -0.25) is 0 Å². The van der Waals surface area contributed by atoms with Gasteiger partial charge in [-0.05, 0) is 6.08 Å². The van der Waals surface area contributed by atoms with E-state index in [2.05, 4.69) is 22.6 Å². The second-order valence-electron chi connectivity index (χ2n) is 3.05. The fourth-order valence-electron chi connectivity index (χ4n) is 0.986. The van der Waals surface area contributed by atoms with Gasteiger partial charge in [-0.15, -0.1) is 0 Å². The molecular weight excluding hydrogens is 216 g/mol. The smallest absolute Gasteiger partial charge is 0.430 e. The Balaban J connectivity index is 2.40. The molecule has 0 aliphatic carbocycles. The summed E-state index contributed by atoms with van der Waals surface area (Å²) in [6.45, 7) is 6.67. The zero-order chi connectivity index (χ0) is 12.0. The Morgan fingerprint density at radius 1 is 1.50 bits per heavy atom. The fourth-order valence-corrected chi connectivity index (χ4v) is 0.986. The molecule has 1 rings (SSSR count). The van der Waals surface area contributed by atoms with Crippen LogP contribution in [-0.4, -0.2) is 37.7 Å². The molecule has 1 fully saturated rings. The Morgan fingerprint density at radius 3 is 2.75 bits per heavy atom. The fraction of sp³-hybridized carbons (Fsp3) is 0.400. The molecule has 0 amide bonds. The van der Waals surface area contributed by atoms with Gasteiger partial charge in [0.1, 0.15) is 19.8 Å². The van der Waals surface area contributed by atoms with Crippen molar-refractivity contribution in [1.82, 2.24) is 0 Å². The SMILES string of the molecule is C=CCOC(=O)OCC1(C=C)COC(=O)O1. The lowest BCUT2D eigenvalue weighted by Crippen LogP contribution is -2.36. The van der Waals surface area contributed by atoms with E-state index in [0.29, 0.717) is 0 Å². The van der Waals surface area contributed by atoms with Crippen molar-refractivity contribution in [2.45, 2.75) is 5.60 Å². The Kier molecular flexibility index (Phi) is 3.93. The van der Waals surface area contributed by atoms with Crippen LogP contribution in [0.3, 0.4) is 0 Å². The van der Waals surface area contributed by atoms with Gasteiger partial charge in [-0.2, -0.15) is 0 Å². The summed E-state index contributed by atoms with van der Waals surface area (Å²) in [5, 5.41) is 0. The number of hydrogen-bond acceptors (Lipinski definition) is 6. The minimum Gasteiger partial charge on any atom is -0.430 e. The summed E-state index contributed by atoms with van der Waals surface area (Å²) in [7, 11) is 0. The van der Waals surface area contributed by atoms with Gasteiger partial charge < -0.3 is 18.9 Å². The minimum atomic E-state index is -1.12. The van der Waals surface area contributed by atoms with Gasteiger partial charge in [0.05, 0.1) is 0 Å². The van der Waals surface area contributed by atoms with Crippen LogP contribution in [0.25, 0.3) is 0 Å². The summed E-state index contributed by atoms with van der Waals surface area (Å²) >= 11 is 0. The maximum absolute atomic E-state index is 11.0. The molecule has 1 atom stereocenters. The van der Waals surface area contributed by atoms with Crippen molar-refractivity contribution in [2.75, 3.05) is 19.8 Å². The molecule has 0 aromatic rings.